The average Bonchev–Trinajstić information content (AvgIpc) is 1.77. The highest BCUT2D eigenvalue weighted by Gasteiger charge is 1.69. The third kappa shape index (κ3) is 2.51. The third-order valence-corrected chi connectivity index (χ3v) is 1.02. The second-order valence-corrected chi connectivity index (χ2v) is 1.82. The lowest BCUT2D eigenvalue weighted by atomic mass is 10.3. The van der Waals surface area contributed by atoms with Gasteiger partial charge in [0.25, 0.3) is 0 Å². The molecule has 0 aromatic heterocycles. The minimum absolute atomic E-state index is 0. The van der Waals surface area contributed by atoms with Crippen LogP contribution in [0.1, 0.15) is 0 Å². The second-order valence-electron chi connectivity index (χ2n) is 1.82. The van der Waals surface area contributed by atoms with Crippen LogP contribution >= 0.6 is 0 Å². The summed E-state index contributed by atoms with van der Waals surface area (Å²) in [5, 5.41) is 2.08. The Balaban J connectivity index is 0.000000640. The zero-order valence-corrected chi connectivity index (χ0v) is 6.46. The van der Waals surface area contributed by atoms with Crippen molar-refractivity contribution in [1.29, 1.82) is 0 Å². The Hall–Kier alpha value is -0.508. The van der Waals surface area contributed by atoms with Crippen LogP contribution in [0.4, 0.5) is 0 Å². The zero-order valence-electron chi connectivity index (χ0n) is 5.30. The zero-order chi connectivity index (χ0) is 5.98. The topological polar surface area (TPSA) is 0 Å². The smallest absolute Gasteiger partial charge is 0 e. The second kappa shape index (κ2) is 3.50. The van der Waals surface area contributed by atoms with Crippen LogP contribution in [0.25, 0.3) is 13.2 Å². The van der Waals surface area contributed by atoms with E-state index in [1.807, 2.05) is 24.3 Å². The fourth-order valence-electron chi connectivity index (χ4n) is 0.539. The Morgan fingerprint density at radius 3 is 1.22 bits per heavy atom. The molecule has 0 saturated heterocycles. The van der Waals surface area contributed by atoms with Crippen LogP contribution < -0.4 is 10.4 Å². The summed E-state index contributed by atoms with van der Waals surface area (Å²) >= 11 is 0. The maximum absolute atomic E-state index is 3.73. The number of hydrogen-bond donors (Lipinski definition) is 0. The van der Waals surface area contributed by atoms with E-state index >= 15 is 0 Å². The van der Waals surface area contributed by atoms with Crippen molar-refractivity contribution in [3.63, 3.8) is 0 Å². The van der Waals surface area contributed by atoms with Gasteiger partial charge in [0.15, 0.2) is 0 Å². The van der Waals surface area contributed by atoms with Crippen LogP contribution in [-0.4, -0.2) is 17.4 Å². The maximum Gasteiger partial charge on any atom is 0 e. The Morgan fingerprint density at radius 1 is 0.778 bits per heavy atom. The summed E-state index contributed by atoms with van der Waals surface area (Å²) in [6.45, 7) is 7.47. The molecule has 0 unspecified atom stereocenters. The van der Waals surface area contributed by atoms with E-state index < -0.39 is 0 Å². The van der Waals surface area contributed by atoms with Gasteiger partial charge in [-0.15, -0.1) is 0 Å². The molecule has 1 rings (SSSR count). The molecule has 0 heterocycles. The van der Waals surface area contributed by atoms with E-state index in [-0.39, 0.29) is 17.4 Å². The lowest BCUT2D eigenvalue weighted by Crippen LogP contribution is -2.02. The fourth-order valence-corrected chi connectivity index (χ4v) is 0.539. The molecule has 0 aliphatic carbocycles. The minimum Gasteiger partial charge on any atom is -0.0918 e. The molecule has 43 valence electrons. The lowest BCUT2D eigenvalue weighted by molar-refractivity contribution is 1.57. The van der Waals surface area contributed by atoms with E-state index in [2.05, 4.69) is 13.2 Å². The van der Waals surface area contributed by atoms with Crippen molar-refractivity contribution in [1.82, 2.24) is 0 Å². The van der Waals surface area contributed by atoms with Gasteiger partial charge in [0.1, 0.15) is 0 Å². The molecule has 1 aromatic carbocycles. The van der Waals surface area contributed by atoms with Gasteiger partial charge in [-0.25, -0.2) is 0 Å². The first-order valence-corrected chi connectivity index (χ1v) is 2.53. The quantitative estimate of drug-likeness (QED) is 0.439. The lowest BCUT2D eigenvalue weighted by Gasteiger charge is -1.78. The molecular formula is C8H8Al. The van der Waals surface area contributed by atoms with E-state index in [0.29, 0.717) is 0 Å². The molecule has 0 aliphatic heterocycles. The van der Waals surface area contributed by atoms with Gasteiger partial charge in [0.2, 0.25) is 0 Å². The van der Waals surface area contributed by atoms with Gasteiger partial charge >= 0.3 is 0 Å². The molecular weight excluding hydrogens is 123 g/mol. The molecule has 0 atom stereocenters. The molecule has 0 N–H and O–H groups in total. The monoisotopic (exact) mass is 131 g/mol. The molecule has 0 fully saturated rings. The van der Waals surface area contributed by atoms with Crippen molar-refractivity contribution >= 4 is 30.5 Å². The van der Waals surface area contributed by atoms with Gasteiger partial charge < -0.3 is 0 Å². The SMILES string of the molecule is C=c1ccc(=C)cc1.[Al]. The summed E-state index contributed by atoms with van der Waals surface area (Å²) in [6.07, 6.45) is 0. The van der Waals surface area contributed by atoms with Gasteiger partial charge in [-0.2, -0.15) is 0 Å². The molecule has 0 saturated carbocycles. The Labute approximate surface area is 65.7 Å². The van der Waals surface area contributed by atoms with Crippen LogP contribution in [0.3, 0.4) is 0 Å². The predicted molar refractivity (Wildman–Crippen MR) is 42.5 cm³/mol. The highest BCUT2D eigenvalue weighted by molar-refractivity contribution is 5.75. The number of rotatable bonds is 0. The van der Waals surface area contributed by atoms with E-state index in [9.17, 15) is 0 Å². The van der Waals surface area contributed by atoms with Crippen LogP contribution in [-0.2, 0) is 0 Å². The van der Waals surface area contributed by atoms with E-state index in [1.54, 1.807) is 0 Å². The van der Waals surface area contributed by atoms with Crippen molar-refractivity contribution in [2.75, 3.05) is 0 Å². The largest absolute Gasteiger partial charge is 0.0918 e. The molecule has 1 heteroatoms. The standard InChI is InChI=1S/C8H8.Al/c1-7-3-5-8(2)6-4-7;/h3-6H,1-2H2;. The van der Waals surface area contributed by atoms with Crippen molar-refractivity contribution in [3.05, 3.63) is 34.7 Å². The van der Waals surface area contributed by atoms with Crippen molar-refractivity contribution in [3.8, 4) is 0 Å². The fraction of sp³-hybridized carbons (Fsp3) is 0. The molecule has 0 bridgehead atoms. The van der Waals surface area contributed by atoms with Gasteiger partial charge in [-0.05, 0) is 10.4 Å². The first-order valence-electron chi connectivity index (χ1n) is 2.53. The first kappa shape index (κ1) is 8.49. The molecule has 0 spiro atoms. The Morgan fingerprint density at radius 2 is 1.00 bits per heavy atom. The van der Waals surface area contributed by atoms with Crippen LogP contribution in [0.5, 0.6) is 0 Å². The molecule has 0 aliphatic rings. The van der Waals surface area contributed by atoms with E-state index in [4.69, 9.17) is 0 Å². The summed E-state index contributed by atoms with van der Waals surface area (Å²) in [5.41, 5.74) is 0. The van der Waals surface area contributed by atoms with E-state index in [0.717, 1.165) is 10.4 Å². The normalized spacial score (nSPS) is 8.00. The van der Waals surface area contributed by atoms with Gasteiger partial charge in [-0.1, -0.05) is 37.4 Å². The van der Waals surface area contributed by atoms with E-state index in [1.165, 1.54) is 0 Å². The van der Waals surface area contributed by atoms with Gasteiger partial charge in [-0.3, -0.25) is 0 Å². The van der Waals surface area contributed by atoms with Crippen molar-refractivity contribution < 1.29 is 0 Å². The molecule has 3 radical (unpaired) electrons. The highest BCUT2D eigenvalue weighted by Crippen LogP contribution is 1.62. The van der Waals surface area contributed by atoms with Crippen LogP contribution in [0, 0.1) is 0 Å². The van der Waals surface area contributed by atoms with Crippen LogP contribution in [0.2, 0.25) is 0 Å². The molecule has 0 nitrogen and oxygen atoms in total. The van der Waals surface area contributed by atoms with Gasteiger partial charge in [0, 0.05) is 17.4 Å². The molecule has 9 heavy (non-hydrogen) atoms. The minimum atomic E-state index is 0. The Kier molecular flexibility index (Phi) is 3.31. The Bertz CT molecular complexity index is 212. The summed E-state index contributed by atoms with van der Waals surface area (Å²) < 4.78 is 0. The predicted octanol–water partition coefficient (Wildman–Crippen LogP) is 0.126. The van der Waals surface area contributed by atoms with Crippen molar-refractivity contribution in [2.45, 2.75) is 0 Å². The van der Waals surface area contributed by atoms with Crippen LogP contribution in [0.15, 0.2) is 24.3 Å². The molecule has 0 amide bonds. The average molecular weight is 131 g/mol. The molecule has 1 aromatic rings. The maximum atomic E-state index is 3.73. The number of hydrogen-bond acceptors (Lipinski definition) is 0. The van der Waals surface area contributed by atoms with Gasteiger partial charge in [0.05, 0.1) is 0 Å². The summed E-state index contributed by atoms with van der Waals surface area (Å²) in [4.78, 5) is 0. The summed E-state index contributed by atoms with van der Waals surface area (Å²) in [5.74, 6) is 0. The highest BCUT2D eigenvalue weighted by atomic mass is 27.0. The van der Waals surface area contributed by atoms with Crippen molar-refractivity contribution in [2.24, 2.45) is 0 Å². The third-order valence-electron chi connectivity index (χ3n) is 1.02. The first-order chi connectivity index (χ1) is 3.79. The number of benzene rings is 1. The summed E-state index contributed by atoms with van der Waals surface area (Å²) in [7, 11) is 0. The summed E-state index contributed by atoms with van der Waals surface area (Å²) in [6, 6.07) is 7.79.